The second kappa shape index (κ2) is 9.18. The smallest absolute Gasteiger partial charge is 0.243 e. The summed E-state index contributed by atoms with van der Waals surface area (Å²) in [5.41, 5.74) is 4.70. The van der Waals surface area contributed by atoms with Gasteiger partial charge >= 0.3 is 0 Å². The van der Waals surface area contributed by atoms with Gasteiger partial charge < -0.3 is 10.6 Å². The molecule has 7 nitrogen and oxygen atoms in total. The molecule has 0 spiro atoms. The zero-order valence-corrected chi connectivity index (χ0v) is 18.2. The molecule has 0 aliphatic heterocycles. The van der Waals surface area contributed by atoms with E-state index in [-0.39, 0.29) is 24.1 Å². The van der Waals surface area contributed by atoms with Crippen molar-refractivity contribution < 1.29 is 9.59 Å². The summed E-state index contributed by atoms with van der Waals surface area (Å²) in [5.74, 6) is -0.354. The van der Waals surface area contributed by atoms with Gasteiger partial charge in [0.05, 0.1) is 17.8 Å². The van der Waals surface area contributed by atoms with Gasteiger partial charge in [0.25, 0.3) is 0 Å². The SMILES string of the molecule is CCc1ccccc1NC(=O)CNC(=O)CSc1nnc2cc(C)c3ccccc3n12. The topological polar surface area (TPSA) is 88.4 Å². The number of nitrogens with one attached hydrogen (secondary N) is 2. The van der Waals surface area contributed by atoms with Crippen molar-refractivity contribution in [3.05, 3.63) is 65.7 Å². The quantitative estimate of drug-likeness (QED) is 0.435. The third-order valence-corrected chi connectivity index (χ3v) is 5.95. The molecule has 0 bridgehead atoms. The van der Waals surface area contributed by atoms with Gasteiger partial charge in [-0.25, -0.2) is 0 Å². The van der Waals surface area contributed by atoms with Crippen LogP contribution in [0.1, 0.15) is 18.1 Å². The number of nitrogens with zero attached hydrogens (tertiary/aromatic N) is 3. The fourth-order valence-corrected chi connectivity index (χ4v) is 4.25. The van der Waals surface area contributed by atoms with E-state index in [4.69, 9.17) is 0 Å². The standard InChI is InChI=1S/C23H23N5O2S/c1-3-16-8-4-6-10-18(16)25-21(29)13-24-22(30)14-31-23-27-26-20-12-15(2)17-9-5-7-11-19(17)28(20)23/h4-12H,3,13-14H2,1-2H3,(H,24,30)(H,25,29). The van der Waals surface area contributed by atoms with E-state index in [1.165, 1.54) is 11.8 Å². The van der Waals surface area contributed by atoms with Crippen molar-refractivity contribution in [2.45, 2.75) is 25.4 Å². The summed E-state index contributed by atoms with van der Waals surface area (Å²) in [6, 6.07) is 17.7. The molecule has 158 valence electrons. The van der Waals surface area contributed by atoms with Crippen molar-refractivity contribution in [3.63, 3.8) is 0 Å². The normalized spacial score (nSPS) is 11.0. The first-order chi connectivity index (χ1) is 15.1. The molecule has 2 N–H and O–H groups in total. The number of benzene rings is 2. The van der Waals surface area contributed by atoms with E-state index in [0.717, 1.165) is 39.8 Å². The molecule has 2 aromatic carbocycles. The summed E-state index contributed by atoms with van der Waals surface area (Å²) in [5, 5.41) is 15.8. The van der Waals surface area contributed by atoms with Gasteiger partial charge in [-0.3, -0.25) is 14.0 Å². The van der Waals surface area contributed by atoms with Crippen LogP contribution >= 0.6 is 11.8 Å². The lowest BCUT2D eigenvalue weighted by atomic mass is 10.1. The average Bonchev–Trinajstić information content (AvgIpc) is 3.19. The molecular weight excluding hydrogens is 410 g/mol. The lowest BCUT2D eigenvalue weighted by Crippen LogP contribution is -2.34. The summed E-state index contributed by atoms with van der Waals surface area (Å²) < 4.78 is 1.95. The van der Waals surface area contributed by atoms with Crippen LogP contribution in [0.25, 0.3) is 16.6 Å². The Hall–Kier alpha value is -3.39. The lowest BCUT2D eigenvalue weighted by Gasteiger charge is -2.10. The minimum atomic E-state index is -0.256. The minimum absolute atomic E-state index is 0.0832. The highest BCUT2D eigenvalue weighted by atomic mass is 32.2. The second-order valence-electron chi connectivity index (χ2n) is 7.14. The van der Waals surface area contributed by atoms with Gasteiger partial charge in [-0.15, -0.1) is 10.2 Å². The largest absolute Gasteiger partial charge is 0.346 e. The van der Waals surface area contributed by atoms with Crippen LogP contribution in [0.4, 0.5) is 5.69 Å². The van der Waals surface area contributed by atoms with E-state index in [9.17, 15) is 9.59 Å². The molecular formula is C23H23N5O2S. The number of pyridine rings is 1. The number of para-hydroxylation sites is 2. The van der Waals surface area contributed by atoms with Gasteiger partial charge in [0.15, 0.2) is 10.8 Å². The molecule has 0 atom stereocenters. The van der Waals surface area contributed by atoms with Crippen LogP contribution in [0.5, 0.6) is 0 Å². The number of fused-ring (bicyclic) bond motifs is 3. The van der Waals surface area contributed by atoms with Crippen molar-refractivity contribution in [1.82, 2.24) is 19.9 Å². The van der Waals surface area contributed by atoms with Crippen LogP contribution in [0.2, 0.25) is 0 Å². The Balaban J connectivity index is 1.38. The predicted molar refractivity (Wildman–Crippen MR) is 123 cm³/mol. The van der Waals surface area contributed by atoms with E-state index < -0.39 is 0 Å². The highest BCUT2D eigenvalue weighted by Gasteiger charge is 2.14. The molecule has 8 heteroatoms. The maximum absolute atomic E-state index is 12.3. The van der Waals surface area contributed by atoms with Crippen molar-refractivity contribution in [3.8, 4) is 0 Å². The molecule has 0 unspecified atom stereocenters. The number of thioether (sulfide) groups is 1. The van der Waals surface area contributed by atoms with E-state index in [1.54, 1.807) is 0 Å². The molecule has 2 aromatic heterocycles. The Kier molecular flexibility index (Phi) is 6.18. The number of aromatic nitrogens is 3. The van der Waals surface area contributed by atoms with Crippen LogP contribution in [-0.4, -0.2) is 38.7 Å². The number of carbonyl (C=O) groups is 2. The predicted octanol–water partition coefficient (Wildman–Crippen LogP) is 3.60. The summed E-state index contributed by atoms with van der Waals surface area (Å²) >= 11 is 1.29. The number of hydrogen-bond donors (Lipinski definition) is 2. The van der Waals surface area contributed by atoms with Gasteiger partial charge in [-0.1, -0.05) is 55.1 Å². The summed E-state index contributed by atoms with van der Waals surface area (Å²) in [6.07, 6.45) is 0.819. The highest BCUT2D eigenvalue weighted by Crippen LogP contribution is 2.25. The van der Waals surface area contributed by atoms with Crippen molar-refractivity contribution >= 4 is 45.8 Å². The third kappa shape index (κ3) is 4.54. The van der Waals surface area contributed by atoms with E-state index in [2.05, 4.69) is 26.9 Å². The molecule has 2 heterocycles. The Morgan fingerprint density at radius 3 is 2.65 bits per heavy atom. The maximum Gasteiger partial charge on any atom is 0.243 e. The van der Waals surface area contributed by atoms with E-state index in [1.807, 2.05) is 66.8 Å². The van der Waals surface area contributed by atoms with Gasteiger partial charge in [0.1, 0.15) is 0 Å². The second-order valence-corrected chi connectivity index (χ2v) is 8.09. The van der Waals surface area contributed by atoms with E-state index in [0.29, 0.717) is 5.16 Å². The monoisotopic (exact) mass is 433 g/mol. The molecule has 4 rings (SSSR count). The van der Waals surface area contributed by atoms with Crippen LogP contribution < -0.4 is 10.6 Å². The first-order valence-electron chi connectivity index (χ1n) is 10.1. The van der Waals surface area contributed by atoms with Crippen molar-refractivity contribution in [2.24, 2.45) is 0 Å². The molecule has 31 heavy (non-hydrogen) atoms. The Morgan fingerprint density at radius 2 is 1.81 bits per heavy atom. The fourth-order valence-electron chi connectivity index (χ4n) is 3.47. The summed E-state index contributed by atoms with van der Waals surface area (Å²) in [6.45, 7) is 3.99. The van der Waals surface area contributed by atoms with Crippen molar-refractivity contribution in [2.75, 3.05) is 17.6 Å². The van der Waals surface area contributed by atoms with Crippen LogP contribution in [0.15, 0.2) is 59.8 Å². The summed E-state index contributed by atoms with van der Waals surface area (Å²) in [7, 11) is 0. The first-order valence-corrected chi connectivity index (χ1v) is 11.1. The Labute approximate surface area is 184 Å². The molecule has 2 amide bonds. The Morgan fingerprint density at radius 1 is 1.03 bits per heavy atom. The third-order valence-electron chi connectivity index (χ3n) is 5.02. The number of hydrogen-bond acceptors (Lipinski definition) is 5. The zero-order valence-electron chi connectivity index (χ0n) is 17.4. The number of aryl methyl sites for hydroxylation is 2. The molecule has 0 saturated heterocycles. The average molecular weight is 434 g/mol. The van der Waals surface area contributed by atoms with Gasteiger partial charge in [0, 0.05) is 11.1 Å². The Bertz CT molecular complexity index is 1270. The number of rotatable bonds is 7. The van der Waals surface area contributed by atoms with Crippen LogP contribution in [-0.2, 0) is 16.0 Å². The number of carbonyl (C=O) groups excluding carboxylic acids is 2. The molecule has 0 aliphatic carbocycles. The number of amides is 2. The van der Waals surface area contributed by atoms with Crippen LogP contribution in [0, 0.1) is 6.92 Å². The first kappa shape index (κ1) is 20.9. The minimum Gasteiger partial charge on any atom is -0.346 e. The molecule has 0 aliphatic rings. The van der Waals surface area contributed by atoms with Gasteiger partial charge in [-0.2, -0.15) is 0 Å². The van der Waals surface area contributed by atoms with Crippen LogP contribution in [0.3, 0.4) is 0 Å². The van der Waals surface area contributed by atoms with Gasteiger partial charge in [-0.05, 0) is 42.7 Å². The molecule has 0 saturated carbocycles. The summed E-state index contributed by atoms with van der Waals surface area (Å²) in [4.78, 5) is 24.5. The van der Waals surface area contributed by atoms with Gasteiger partial charge in [0.2, 0.25) is 11.8 Å². The lowest BCUT2D eigenvalue weighted by molar-refractivity contribution is -0.122. The number of anilines is 1. The van der Waals surface area contributed by atoms with Crippen molar-refractivity contribution in [1.29, 1.82) is 0 Å². The van der Waals surface area contributed by atoms with E-state index >= 15 is 0 Å². The molecule has 0 radical (unpaired) electrons. The zero-order chi connectivity index (χ0) is 21.8. The maximum atomic E-state index is 12.3. The fraction of sp³-hybridized carbons (Fsp3) is 0.217. The molecule has 4 aromatic rings. The highest BCUT2D eigenvalue weighted by molar-refractivity contribution is 7.99. The molecule has 0 fully saturated rings.